The molecule has 2 atom stereocenters. The summed E-state index contributed by atoms with van der Waals surface area (Å²) < 4.78 is 88.7. The molecule has 2 unspecified atom stereocenters. The molecule has 0 aromatic heterocycles. The predicted molar refractivity (Wildman–Crippen MR) is 34.9 cm³/mol. The second kappa shape index (κ2) is 2.46. The predicted octanol–water partition coefficient (Wildman–Crippen LogP) is -0.0438. The van der Waals surface area contributed by atoms with Crippen molar-refractivity contribution in [1.29, 1.82) is 0 Å². The van der Waals surface area contributed by atoms with E-state index in [9.17, 15) is 0 Å². The smallest absolute Gasteiger partial charge is 0.0475 e. The Balaban J connectivity index is 3.49. The van der Waals surface area contributed by atoms with Gasteiger partial charge in [0.15, 0.2) is 0 Å². The van der Waals surface area contributed by atoms with Crippen LogP contribution >= 0.6 is 0 Å². The van der Waals surface area contributed by atoms with Gasteiger partial charge in [0.1, 0.15) is 0 Å². The summed E-state index contributed by atoms with van der Waals surface area (Å²) in [6.07, 6.45) is 0. The summed E-state index contributed by atoms with van der Waals surface area (Å²) in [4.78, 5) is 0. The molecule has 2 N–H and O–H groups in total. The number of hydrogen-bond acceptors (Lipinski definition) is 2. The molecule has 1 aliphatic heterocycles. The lowest BCUT2D eigenvalue weighted by atomic mass is 10.2. The van der Waals surface area contributed by atoms with Crippen molar-refractivity contribution in [2.45, 2.75) is 25.7 Å². The topological polar surface area (TPSA) is 24.1 Å². The van der Waals surface area contributed by atoms with E-state index in [1.807, 2.05) is 0 Å². The zero-order valence-corrected chi connectivity index (χ0v) is 4.00. The van der Waals surface area contributed by atoms with Crippen molar-refractivity contribution in [1.82, 2.24) is 10.6 Å². The van der Waals surface area contributed by atoms with Gasteiger partial charge in [0.05, 0.1) is 0 Å². The minimum Gasteiger partial charge on any atom is -0.314 e. The van der Waals surface area contributed by atoms with Gasteiger partial charge in [0, 0.05) is 41.5 Å². The Hall–Kier alpha value is -0.0800. The highest BCUT2D eigenvalue weighted by atomic mass is 15.1. The van der Waals surface area contributed by atoms with Crippen molar-refractivity contribution in [3.8, 4) is 0 Å². The van der Waals surface area contributed by atoms with Crippen LogP contribution in [0.3, 0.4) is 0 Å². The van der Waals surface area contributed by atoms with E-state index in [0.717, 1.165) is 0 Å². The molecule has 0 saturated carbocycles. The van der Waals surface area contributed by atoms with Crippen LogP contribution in [-0.2, 0) is 0 Å². The first-order valence-electron chi connectivity index (χ1n) is 8.00. The number of hydrogen-bond donors (Lipinski definition) is 2. The second-order valence-electron chi connectivity index (χ2n) is 1.25. The molecular weight excluding hydrogens is 100 g/mol. The first-order valence-corrected chi connectivity index (χ1v) is 2.00. The van der Waals surface area contributed by atoms with Crippen molar-refractivity contribution in [3.05, 3.63) is 0 Å². The number of rotatable bonds is 0. The highest BCUT2D eigenvalue weighted by Crippen LogP contribution is 1.90. The fraction of sp³-hybridized carbons (Fsp3) is 1.00. The van der Waals surface area contributed by atoms with Crippen LogP contribution in [0.25, 0.3) is 0 Å². The third-order valence-corrected chi connectivity index (χ3v) is 0.625. The summed E-state index contributed by atoms with van der Waals surface area (Å²) in [6.45, 7) is -12.9. The number of nitrogens with one attached hydrogen (secondary N) is 2. The zero-order chi connectivity index (χ0) is 16.4. The van der Waals surface area contributed by atoms with Crippen molar-refractivity contribution >= 4 is 0 Å². The summed E-state index contributed by atoms with van der Waals surface area (Å²) in [5.74, 6) is 0. The molecule has 2 nitrogen and oxygen atoms in total. The van der Waals surface area contributed by atoms with Crippen molar-refractivity contribution in [2.24, 2.45) is 0 Å². The van der Waals surface area contributed by atoms with Gasteiger partial charge >= 0.3 is 0 Å². The minimum absolute atomic E-state index is 1.54. The third kappa shape index (κ3) is 1.46. The average Bonchev–Trinajstić information content (AvgIpc) is 2.09. The van der Waals surface area contributed by atoms with E-state index >= 15 is 0 Å². The number of piperazine rings is 1. The molecule has 2 heteroatoms. The molecular formula is C6H14N2. The van der Waals surface area contributed by atoms with Crippen LogP contribution in [0.1, 0.15) is 30.2 Å². The van der Waals surface area contributed by atoms with Crippen molar-refractivity contribution < 1.29 is 16.4 Å². The molecule has 1 heterocycles. The molecule has 0 spiro atoms. The molecule has 0 aromatic carbocycles. The maximum absolute atomic E-state index is 7.74. The van der Waals surface area contributed by atoms with Crippen LogP contribution in [-0.4, -0.2) is 25.0 Å². The maximum atomic E-state index is 7.74. The quantitative estimate of drug-likeness (QED) is 0.476. The molecule has 0 aliphatic carbocycles. The minimum atomic E-state index is -3.34. The van der Waals surface area contributed by atoms with Crippen LogP contribution in [0.2, 0.25) is 0 Å². The van der Waals surface area contributed by atoms with Crippen LogP contribution in [0.5, 0.6) is 0 Å². The van der Waals surface area contributed by atoms with Crippen molar-refractivity contribution in [3.63, 3.8) is 0 Å². The molecule has 1 fully saturated rings. The van der Waals surface area contributed by atoms with Crippen LogP contribution in [0, 0.1) is 0 Å². The van der Waals surface area contributed by atoms with Gasteiger partial charge in [-0.05, 0) is 13.7 Å². The molecule has 8 heavy (non-hydrogen) atoms. The van der Waals surface area contributed by atoms with Gasteiger partial charge in [-0.15, -0.1) is 0 Å². The van der Waals surface area contributed by atoms with E-state index in [4.69, 9.17) is 16.4 Å². The van der Waals surface area contributed by atoms with Gasteiger partial charge in [-0.25, -0.2) is 0 Å². The Morgan fingerprint density at radius 1 is 1.62 bits per heavy atom. The first-order chi connectivity index (χ1) is 8.41. The van der Waals surface area contributed by atoms with Crippen LogP contribution in [0.4, 0.5) is 0 Å². The highest BCUT2D eigenvalue weighted by Gasteiger charge is 2.11. The van der Waals surface area contributed by atoms with Gasteiger partial charge < -0.3 is 10.6 Å². The summed E-state index contributed by atoms with van der Waals surface area (Å²) in [5.41, 5.74) is 0. The molecule has 1 saturated heterocycles. The third-order valence-electron chi connectivity index (χ3n) is 0.625. The lowest BCUT2D eigenvalue weighted by molar-refractivity contribution is 0.370. The molecule has 0 aromatic rings. The van der Waals surface area contributed by atoms with Crippen LogP contribution < -0.4 is 10.6 Å². The summed E-state index contributed by atoms with van der Waals surface area (Å²) >= 11 is 0. The summed E-state index contributed by atoms with van der Waals surface area (Å²) in [6, 6.07) is -6.41. The Morgan fingerprint density at radius 3 is 2.75 bits per heavy atom. The largest absolute Gasteiger partial charge is 0.314 e. The van der Waals surface area contributed by atoms with Crippen LogP contribution in [0.15, 0.2) is 0 Å². The van der Waals surface area contributed by atoms with Gasteiger partial charge in [-0.2, -0.15) is 0 Å². The van der Waals surface area contributed by atoms with E-state index in [-0.39, 0.29) is 0 Å². The molecule has 0 amide bonds. The average molecular weight is 126 g/mol. The Morgan fingerprint density at radius 2 is 2.25 bits per heavy atom. The van der Waals surface area contributed by atoms with Gasteiger partial charge in [-0.1, -0.05) is 0 Å². The SMILES string of the molecule is [2H]C([2H])([2H])C1([2H])NC([2H])(C([2H])([2H])[2H])C([2H])([2H])NC1([2H])[2H]. The molecule has 1 rings (SSSR count). The Bertz CT molecular complexity index is 362. The van der Waals surface area contributed by atoms with Gasteiger partial charge in [0.25, 0.3) is 0 Å². The first kappa shape index (κ1) is 0.956. The van der Waals surface area contributed by atoms with Gasteiger partial charge in [-0.3, -0.25) is 0 Å². The van der Waals surface area contributed by atoms with E-state index in [1.165, 1.54) is 5.32 Å². The fourth-order valence-corrected chi connectivity index (χ4v) is 0.344. The molecule has 0 radical (unpaired) electrons. The lowest BCUT2D eigenvalue weighted by Gasteiger charge is -2.26. The highest BCUT2D eigenvalue weighted by molar-refractivity contribution is 4.76. The van der Waals surface area contributed by atoms with Crippen molar-refractivity contribution in [2.75, 3.05) is 13.0 Å². The summed E-state index contributed by atoms with van der Waals surface area (Å²) in [7, 11) is 0. The zero-order valence-electron chi connectivity index (χ0n) is 16.0. The van der Waals surface area contributed by atoms with E-state index < -0.39 is 38.7 Å². The molecule has 0 bridgehead atoms. The van der Waals surface area contributed by atoms with E-state index in [0.29, 0.717) is 0 Å². The standard InChI is InChI=1S/C6H14N2/c1-5-3-7-4-6(2)8-5/h5-8H,3-4H2,1-2H3/i1D3,2D3,3D2,4D2,5D,6D. The fourth-order valence-electron chi connectivity index (χ4n) is 0.344. The second-order valence-corrected chi connectivity index (χ2v) is 1.25. The monoisotopic (exact) mass is 126 g/mol. The maximum Gasteiger partial charge on any atom is 0.0475 e. The van der Waals surface area contributed by atoms with E-state index in [2.05, 4.69) is 0 Å². The lowest BCUT2D eigenvalue weighted by Crippen LogP contribution is -2.52. The summed E-state index contributed by atoms with van der Waals surface area (Å²) in [5, 5.41) is 3.10. The molecule has 1 aliphatic rings. The normalized spacial score (nSPS) is 96.0. The van der Waals surface area contributed by atoms with Gasteiger partial charge in [0.2, 0.25) is 0 Å². The van der Waals surface area contributed by atoms with E-state index in [1.54, 1.807) is 5.32 Å². The Kier molecular flexibility index (Phi) is 0.294. The molecule has 48 valence electrons. The Labute approximate surface area is 67.5 Å².